The highest BCUT2D eigenvalue weighted by Crippen LogP contribution is 2.32. The third-order valence-corrected chi connectivity index (χ3v) is 3.66. The average Bonchev–Trinajstić information content (AvgIpc) is 2.83. The molecule has 1 aliphatic rings. The van der Waals surface area contributed by atoms with Crippen LogP contribution >= 0.6 is 11.6 Å². The zero-order valence-electron chi connectivity index (χ0n) is 12.2. The lowest BCUT2D eigenvalue weighted by molar-refractivity contribution is -0.129. The Morgan fingerprint density at radius 1 is 1.50 bits per heavy atom. The van der Waals surface area contributed by atoms with Crippen LogP contribution in [-0.2, 0) is 17.8 Å². The van der Waals surface area contributed by atoms with Crippen molar-refractivity contribution in [3.8, 4) is 5.75 Å². The fraction of sp³-hybridized carbons (Fsp3) is 0.533. The summed E-state index contributed by atoms with van der Waals surface area (Å²) in [7, 11) is 3.54. The monoisotopic (exact) mass is 296 g/mol. The summed E-state index contributed by atoms with van der Waals surface area (Å²) in [4.78, 5) is 13.3. The second kappa shape index (κ2) is 6.46. The lowest BCUT2D eigenvalue weighted by Gasteiger charge is -2.17. The van der Waals surface area contributed by atoms with E-state index < -0.39 is 0 Å². The van der Waals surface area contributed by atoms with Crippen LogP contribution in [0.25, 0.3) is 0 Å². The highest BCUT2D eigenvalue weighted by Gasteiger charge is 2.18. The Kier molecular flexibility index (Phi) is 4.89. The summed E-state index contributed by atoms with van der Waals surface area (Å²) in [6, 6.07) is 4.01. The number of carbonyl (C=O) groups excluding carboxylic acids is 1. The number of halogens is 1. The van der Waals surface area contributed by atoms with Gasteiger partial charge >= 0.3 is 0 Å². The Morgan fingerprint density at radius 2 is 2.25 bits per heavy atom. The van der Waals surface area contributed by atoms with E-state index in [-0.39, 0.29) is 11.9 Å². The van der Waals surface area contributed by atoms with E-state index in [1.54, 1.807) is 19.0 Å². The standard InChI is InChI=1S/C15H21ClN2O2/c1-10(6-14(19)18(2)3)17-9-12-8-13(16)7-11-4-5-20-15(11)12/h7-8,10,17H,4-6,9H2,1-3H3. The van der Waals surface area contributed by atoms with Gasteiger partial charge in [-0.1, -0.05) is 11.6 Å². The first-order valence-electron chi connectivity index (χ1n) is 6.85. The number of hydrogen-bond acceptors (Lipinski definition) is 3. The van der Waals surface area contributed by atoms with Gasteiger partial charge in [-0.05, 0) is 24.6 Å². The van der Waals surface area contributed by atoms with Crippen molar-refractivity contribution in [2.45, 2.75) is 32.4 Å². The van der Waals surface area contributed by atoms with Gasteiger partial charge in [0.2, 0.25) is 5.91 Å². The number of amides is 1. The molecule has 1 N–H and O–H groups in total. The predicted octanol–water partition coefficient (Wildman–Crippen LogP) is 2.23. The van der Waals surface area contributed by atoms with Gasteiger partial charge in [0.15, 0.2) is 0 Å². The summed E-state index contributed by atoms with van der Waals surface area (Å²) >= 11 is 6.13. The smallest absolute Gasteiger partial charge is 0.223 e. The van der Waals surface area contributed by atoms with Gasteiger partial charge in [0, 0.05) is 50.1 Å². The molecule has 20 heavy (non-hydrogen) atoms. The molecule has 0 saturated carbocycles. The van der Waals surface area contributed by atoms with Crippen molar-refractivity contribution in [2.75, 3.05) is 20.7 Å². The number of fused-ring (bicyclic) bond motifs is 1. The minimum Gasteiger partial charge on any atom is -0.493 e. The molecule has 1 unspecified atom stereocenters. The summed E-state index contributed by atoms with van der Waals surface area (Å²) in [5.41, 5.74) is 2.24. The number of hydrogen-bond donors (Lipinski definition) is 1. The highest BCUT2D eigenvalue weighted by atomic mass is 35.5. The van der Waals surface area contributed by atoms with Crippen molar-refractivity contribution in [3.63, 3.8) is 0 Å². The first-order chi connectivity index (χ1) is 9.47. The van der Waals surface area contributed by atoms with Gasteiger partial charge in [0.1, 0.15) is 5.75 Å². The Morgan fingerprint density at radius 3 is 2.95 bits per heavy atom. The SMILES string of the molecule is CC(CC(=O)N(C)C)NCc1cc(Cl)cc2c1OCC2. The summed E-state index contributed by atoms with van der Waals surface area (Å²) < 4.78 is 5.66. The summed E-state index contributed by atoms with van der Waals surface area (Å²) in [6.07, 6.45) is 1.40. The Bertz CT molecular complexity index is 503. The molecule has 2 rings (SSSR count). The topological polar surface area (TPSA) is 41.6 Å². The molecule has 1 aliphatic heterocycles. The molecule has 1 heterocycles. The van der Waals surface area contributed by atoms with Crippen molar-refractivity contribution in [3.05, 3.63) is 28.3 Å². The number of rotatable bonds is 5. The highest BCUT2D eigenvalue weighted by molar-refractivity contribution is 6.30. The van der Waals surface area contributed by atoms with Crippen LogP contribution in [0.15, 0.2) is 12.1 Å². The molecule has 0 bridgehead atoms. The van der Waals surface area contributed by atoms with Crippen LogP contribution in [0.1, 0.15) is 24.5 Å². The van der Waals surface area contributed by atoms with Gasteiger partial charge in [0.25, 0.3) is 0 Å². The molecule has 0 aliphatic carbocycles. The normalized spacial score (nSPS) is 14.6. The first-order valence-corrected chi connectivity index (χ1v) is 7.23. The van der Waals surface area contributed by atoms with E-state index in [4.69, 9.17) is 16.3 Å². The molecule has 0 spiro atoms. The zero-order valence-corrected chi connectivity index (χ0v) is 13.0. The van der Waals surface area contributed by atoms with Gasteiger partial charge in [0.05, 0.1) is 6.61 Å². The minimum atomic E-state index is 0.112. The molecule has 0 fully saturated rings. The Labute approximate surface area is 125 Å². The maximum absolute atomic E-state index is 11.6. The van der Waals surface area contributed by atoms with Crippen molar-refractivity contribution < 1.29 is 9.53 Å². The van der Waals surface area contributed by atoms with Crippen LogP contribution in [0.5, 0.6) is 5.75 Å². The van der Waals surface area contributed by atoms with E-state index in [2.05, 4.69) is 5.32 Å². The second-order valence-corrected chi connectivity index (χ2v) is 5.86. The van der Waals surface area contributed by atoms with Crippen LogP contribution in [0, 0.1) is 0 Å². The lowest BCUT2D eigenvalue weighted by atomic mass is 10.1. The predicted molar refractivity (Wildman–Crippen MR) is 80.3 cm³/mol. The van der Waals surface area contributed by atoms with E-state index in [9.17, 15) is 4.79 Å². The minimum absolute atomic E-state index is 0.112. The molecule has 4 nitrogen and oxygen atoms in total. The fourth-order valence-corrected chi connectivity index (χ4v) is 2.54. The maximum atomic E-state index is 11.6. The fourth-order valence-electron chi connectivity index (χ4n) is 2.28. The number of benzene rings is 1. The maximum Gasteiger partial charge on any atom is 0.223 e. The number of carbonyl (C=O) groups is 1. The Balaban J connectivity index is 1.96. The quantitative estimate of drug-likeness (QED) is 0.906. The third kappa shape index (κ3) is 3.64. The van der Waals surface area contributed by atoms with Gasteiger partial charge in [-0.2, -0.15) is 0 Å². The van der Waals surface area contributed by atoms with Crippen LogP contribution in [0.2, 0.25) is 5.02 Å². The molecule has 1 aromatic carbocycles. The van der Waals surface area contributed by atoms with Gasteiger partial charge < -0.3 is 15.0 Å². The molecule has 1 aromatic rings. The van der Waals surface area contributed by atoms with Crippen LogP contribution in [0.3, 0.4) is 0 Å². The summed E-state index contributed by atoms with van der Waals surface area (Å²) in [5, 5.41) is 4.09. The molecule has 1 atom stereocenters. The second-order valence-electron chi connectivity index (χ2n) is 5.43. The third-order valence-electron chi connectivity index (χ3n) is 3.45. The molecule has 5 heteroatoms. The average molecular weight is 297 g/mol. The molecule has 0 radical (unpaired) electrons. The molecule has 110 valence electrons. The summed E-state index contributed by atoms with van der Waals surface area (Å²) in [6.45, 7) is 3.38. The Hall–Kier alpha value is -1.26. The van der Waals surface area contributed by atoms with Crippen molar-refractivity contribution in [2.24, 2.45) is 0 Å². The molecule has 0 saturated heterocycles. The summed E-state index contributed by atoms with van der Waals surface area (Å²) in [5.74, 6) is 1.07. The van der Waals surface area contributed by atoms with E-state index in [1.807, 2.05) is 19.1 Å². The van der Waals surface area contributed by atoms with Crippen molar-refractivity contribution in [1.29, 1.82) is 0 Å². The van der Waals surface area contributed by atoms with E-state index in [0.29, 0.717) is 13.0 Å². The number of ether oxygens (including phenoxy) is 1. The first kappa shape index (κ1) is 15.1. The van der Waals surface area contributed by atoms with Crippen LogP contribution in [0.4, 0.5) is 0 Å². The van der Waals surface area contributed by atoms with Crippen LogP contribution in [-0.4, -0.2) is 37.6 Å². The molecule has 1 amide bonds. The van der Waals surface area contributed by atoms with E-state index in [1.165, 1.54) is 5.56 Å². The number of nitrogens with zero attached hydrogens (tertiary/aromatic N) is 1. The van der Waals surface area contributed by atoms with Gasteiger partial charge in [-0.25, -0.2) is 0 Å². The molecular weight excluding hydrogens is 276 g/mol. The van der Waals surface area contributed by atoms with Crippen molar-refractivity contribution >= 4 is 17.5 Å². The van der Waals surface area contributed by atoms with Crippen molar-refractivity contribution in [1.82, 2.24) is 10.2 Å². The lowest BCUT2D eigenvalue weighted by Crippen LogP contribution is -2.33. The zero-order chi connectivity index (χ0) is 14.7. The largest absolute Gasteiger partial charge is 0.493 e. The van der Waals surface area contributed by atoms with Gasteiger partial charge in [-0.15, -0.1) is 0 Å². The van der Waals surface area contributed by atoms with Gasteiger partial charge in [-0.3, -0.25) is 4.79 Å². The molecular formula is C15H21ClN2O2. The molecule has 0 aromatic heterocycles. The van der Waals surface area contributed by atoms with E-state index in [0.717, 1.165) is 29.4 Å². The van der Waals surface area contributed by atoms with Crippen LogP contribution < -0.4 is 10.1 Å². The number of nitrogens with one attached hydrogen (secondary N) is 1. The van der Waals surface area contributed by atoms with E-state index >= 15 is 0 Å².